The molecule has 2 heterocycles. The van der Waals surface area contributed by atoms with Crippen LogP contribution in [0, 0.1) is 0 Å². The third-order valence-corrected chi connectivity index (χ3v) is 4.87. The number of hydrogen-bond donors (Lipinski definition) is 2. The number of aromatic nitrogens is 2. The minimum Gasteiger partial charge on any atom is -0.365 e. The van der Waals surface area contributed by atoms with Gasteiger partial charge < -0.3 is 5.32 Å². The zero-order valence-corrected chi connectivity index (χ0v) is 12.8. The molecule has 5 rings (SSSR count). The average molecular weight is 302 g/mol. The van der Waals surface area contributed by atoms with E-state index < -0.39 is 0 Å². The second-order valence-electron chi connectivity index (χ2n) is 6.31. The summed E-state index contributed by atoms with van der Waals surface area (Å²) in [6.45, 7) is 0. The summed E-state index contributed by atoms with van der Waals surface area (Å²) in [4.78, 5) is 9.35. The molecule has 0 saturated carbocycles. The van der Waals surface area contributed by atoms with Crippen molar-refractivity contribution in [2.75, 3.05) is 0 Å². The first kappa shape index (κ1) is 13.0. The van der Waals surface area contributed by atoms with E-state index in [0.29, 0.717) is 6.04 Å². The van der Waals surface area contributed by atoms with Crippen LogP contribution >= 0.6 is 0 Å². The van der Waals surface area contributed by atoms with E-state index in [1.807, 2.05) is 30.5 Å². The van der Waals surface area contributed by atoms with Crippen LogP contribution < -0.4 is 10.6 Å². The number of nitrogens with one attached hydrogen (secondary N) is 2. The van der Waals surface area contributed by atoms with Gasteiger partial charge in [0.05, 0.1) is 22.9 Å². The van der Waals surface area contributed by atoms with Crippen molar-refractivity contribution in [3.63, 3.8) is 0 Å². The predicted octanol–water partition coefficient (Wildman–Crippen LogP) is 3.12. The molecule has 1 fully saturated rings. The normalized spacial score (nSPS) is 25.8. The van der Waals surface area contributed by atoms with Gasteiger partial charge in [-0.2, -0.15) is 0 Å². The summed E-state index contributed by atoms with van der Waals surface area (Å²) in [7, 11) is 0. The van der Waals surface area contributed by atoms with Gasteiger partial charge >= 0.3 is 0 Å². The van der Waals surface area contributed by atoms with Crippen molar-refractivity contribution < 1.29 is 0 Å². The number of fused-ring (bicyclic) bond motifs is 1. The molecule has 2 atom stereocenters. The fourth-order valence-electron chi connectivity index (χ4n) is 3.79. The smallest absolute Gasteiger partial charge is 0.123 e. The first-order chi connectivity index (χ1) is 11.4. The molecule has 1 saturated heterocycles. The molecule has 2 aromatic rings. The van der Waals surface area contributed by atoms with Gasteiger partial charge in [0.1, 0.15) is 6.17 Å². The minimum atomic E-state index is 0.0120. The molecular weight excluding hydrogens is 284 g/mol. The Labute approximate surface area is 135 Å². The minimum absolute atomic E-state index is 0.0120. The number of hydrogen-bond acceptors (Lipinski definition) is 4. The standard InChI is InChI=1S/C19H18N4/c1-2-8-14-13(7-1)20-11-17(21-14)19-22-15-9-3-5-12-6-4-10-16(23-19)18(12)15/h1-3,5,7-8,10-11,15,19,22-23H,4,6,9H2. The highest BCUT2D eigenvalue weighted by Crippen LogP contribution is 2.36. The van der Waals surface area contributed by atoms with Gasteiger partial charge in [-0.05, 0) is 42.5 Å². The number of benzene rings is 1. The van der Waals surface area contributed by atoms with Crippen LogP contribution in [-0.4, -0.2) is 16.0 Å². The Morgan fingerprint density at radius 2 is 2.04 bits per heavy atom. The van der Waals surface area contributed by atoms with Gasteiger partial charge in [-0.3, -0.25) is 10.3 Å². The third-order valence-electron chi connectivity index (χ3n) is 4.87. The van der Waals surface area contributed by atoms with Crippen molar-refractivity contribution in [2.45, 2.75) is 31.5 Å². The lowest BCUT2D eigenvalue weighted by atomic mass is 9.83. The zero-order chi connectivity index (χ0) is 15.2. The van der Waals surface area contributed by atoms with Gasteiger partial charge in [-0.15, -0.1) is 0 Å². The van der Waals surface area contributed by atoms with Crippen molar-refractivity contribution in [1.29, 1.82) is 0 Å². The highest BCUT2D eigenvalue weighted by atomic mass is 15.2. The van der Waals surface area contributed by atoms with Crippen LogP contribution in [0.4, 0.5) is 0 Å². The average Bonchev–Trinajstić information content (AvgIpc) is 2.62. The van der Waals surface area contributed by atoms with Crippen LogP contribution in [0.5, 0.6) is 0 Å². The lowest BCUT2D eigenvalue weighted by molar-refractivity contribution is 0.380. The Morgan fingerprint density at radius 3 is 3.00 bits per heavy atom. The van der Waals surface area contributed by atoms with E-state index in [9.17, 15) is 0 Å². The number of nitrogens with zero attached hydrogens (tertiary/aromatic N) is 2. The van der Waals surface area contributed by atoms with Crippen LogP contribution in [-0.2, 0) is 0 Å². The van der Waals surface area contributed by atoms with E-state index in [0.717, 1.165) is 36.0 Å². The lowest BCUT2D eigenvalue weighted by Gasteiger charge is -2.40. The Bertz CT molecular complexity index is 878. The molecule has 0 amide bonds. The van der Waals surface area contributed by atoms with E-state index in [2.05, 4.69) is 33.8 Å². The quantitative estimate of drug-likeness (QED) is 0.850. The molecule has 3 aliphatic rings. The zero-order valence-electron chi connectivity index (χ0n) is 12.8. The van der Waals surface area contributed by atoms with Crippen LogP contribution in [0.15, 0.2) is 65.5 Å². The van der Waals surface area contributed by atoms with Gasteiger partial charge in [-0.25, -0.2) is 4.98 Å². The molecule has 2 unspecified atom stereocenters. The van der Waals surface area contributed by atoms with Gasteiger partial charge in [0.2, 0.25) is 0 Å². The molecule has 1 aliphatic heterocycles. The monoisotopic (exact) mass is 302 g/mol. The SMILES string of the molecule is C1=CC2=C3C(=CCC2)NC(c2cnc4ccccc4n2)NC3C1. The molecular formula is C19H18N4. The highest BCUT2D eigenvalue weighted by Gasteiger charge is 2.33. The summed E-state index contributed by atoms with van der Waals surface area (Å²) in [5, 5.41) is 7.32. The molecule has 4 nitrogen and oxygen atoms in total. The van der Waals surface area contributed by atoms with Crippen LogP contribution in [0.1, 0.15) is 31.1 Å². The van der Waals surface area contributed by atoms with Crippen molar-refractivity contribution >= 4 is 11.0 Å². The topological polar surface area (TPSA) is 49.8 Å². The van der Waals surface area contributed by atoms with Crippen molar-refractivity contribution in [1.82, 2.24) is 20.6 Å². The van der Waals surface area contributed by atoms with Crippen LogP contribution in [0.25, 0.3) is 11.0 Å². The maximum Gasteiger partial charge on any atom is 0.123 e. The fourth-order valence-corrected chi connectivity index (χ4v) is 3.79. The summed E-state index contributed by atoms with van der Waals surface area (Å²) in [5.41, 5.74) is 7.03. The van der Waals surface area contributed by atoms with Gasteiger partial charge in [0, 0.05) is 11.7 Å². The molecule has 1 aromatic heterocycles. The third kappa shape index (κ3) is 2.10. The fraction of sp³-hybridized carbons (Fsp3) is 0.263. The summed E-state index contributed by atoms with van der Waals surface area (Å²) in [6.07, 6.45) is 12.1. The van der Waals surface area contributed by atoms with E-state index in [4.69, 9.17) is 4.98 Å². The van der Waals surface area contributed by atoms with Gasteiger partial charge in [0.15, 0.2) is 0 Å². The van der Waals surface area contributed by atoms with E-state index in [1.165, 1.54) is 16.8 Å². The second-order valence-corrected chi connectivity index (χ2v) is 6.31. The molecule has 0 bridgehead atoms. The molecule has 114 valence electrons. The molecule has 4 heteroatoms. The maximum atomic E-state index is 4.79. The number of rotatable bonds is 1. The number of para-hydroxylation sites is 2. The van der Waals surface area contributed by atoms with Gasteiger partial charge in [0.25, 0.3) is 0 Å². The van der Waals surface area contributed by atoms with Crippen molar-refractivity contribution in [2.24, 2.45) is 0 Å². The van der Waals surface area contributed by atoms with Crippen LogP contribution in [0.2, 0.25) is 0 Å². The molecule has 2 N–H and O–H groups in total. The summed E-state index contributed by atoms with van der Waals surface area (Å²) < 4.78 is 0. The summed E-state index contributed by atoms with van der Waals surface area (Å²) in [6, 6.07) is 8.39. The first-order valence-corrected chi connectivity index (χ1v) is 8.23. The predicted molar refractivity (Wildman–Crippen MR) is 90.4 cm³/mol. The van der Waals surface area contributed by atoms with Crippen LogP contribution in [0.3, 0.4) is 0 Å². The Hall–Kier alpha value is -2.46. The molecule has 23 heavy (non-hydrogen) atoms. The maximum absolute atomic E-state index is 4.79. The largest absolute Gasteiger partial charge is 0.365 e. The van der Waals surface area contributed by atoms with Crippen molar-refractivity contribution in [3.8, 4) is 0 Å². The summed E-state index contributed by atoms with van der Waals surface area (Å²) >= 11 is 0. The second kappa shape index (κ2) is 5.03. The Kier molecular flexibility index (Phi) is 2.85. The first-order valence-electron chi connectivity index (χ1n) is 8.23. The molecule has 0 spiro atoms. The Balaban J connectivity index is 1.53. The van der Waals surface area contributed by atoms with E-state index in [-0.39, 0.29) is 6.17 Å². The molecule has 2 aliphatic carbocycles. The van der Waals surface area contributed by atoms with E-state index >= 15 is 0 Å². The molecule has 0 radical (unpaired) electrons. The lowest BCUT2D eigenvalue weighted by Crippen LogP contribution is -2.49. The van der Waals surface area contributed by atoms with Crippen molar-refractivity contribution in [3.05, 3.63) is 71.2 Å². The van der Waals surface area contributed by atoms with E-state index in [1.54, 1.807) is 0 Å². The highest BCUT2D eigenvalue weighted by molar-refractivity contribution is 5.73. The summed E-state index contributed by atoms with van der Waals surface area (Å²) in [5.74, 6) is 0. The van der Waals surface area contributed by atoms with Gasteiger partial charge in [-0.1, -0.05) is 30.4 Å². The Morgan fingerprint density at radius 1 is 1.13 bits per heavy atom. The molecule has 1 aromatic carbocycles. The number of allylic oxidation sites excluding steroid dienone is 3.